The lowest BCUT2D eigenvalue weighted by atomic mass is 10.0. The number of amides is 1. The van der Waals surface area contributed by atoms with Crippen molar-refractivity contribution in [1.29, 1.82) is 5.26 Å². The van der Waals surface area contributed by atoms with Gasteiger partial charge in [-0.2, -0.15) is 5.26 Å². The second-order valence-corrected chi connectivity index (χ2v) is 5.68. The number of hydrogen-bond donors (Lipinski definition) is 1. The Morgan fingerprint density at radius 2 is 2.10 bits per heavy atom. The lowest BCUT2D eigenvalue weighted by Crippen LogP contribution is -2.13. The Balaban J connectivity index is 2.16. The quantitative estimate of drug-likeness (QED) is 0.689. The summed E-state index contributed by atoms with van der Waals surface area (Å²) in [5, 5.41) is 14.0. The number of nitrogens with one attached hydrogen (secondary N) is 1. The van der Waals surface area contributed by atoms with Crippen LogP contribution in [-0.2, 0) is 4.79 Å². The molecule has 21 heavy (non-hydrogen) atoms. The zero-order chi connectivity index (χ0) is 15.2. The van der Waals surface area contributed by atoms with E-state index in [9.17, 15) is 4.79 Å². The van der Waals surface area contributed by atoms with Crippen molar-refractivity contribution in [3.8, 4) is 6.07 Å². The standard InChI is InChI=1S/C16H15N3OS/c1-11(2)13-5-3-12(4-6-13)9-14(10-17)15(20)19-16-18-7-8-21-16/h3-9,11H,1-2H3,(H,18,19,20)/b14-9+. The Bertz CT molecular complexity index is 679. The highest BCUT2D eigenvalue weighted by Gasteiger charge is 2.10. The summed E-state index contributed by atoms with van der Waals surface area (Å²) in [5.74, 6) is 0.00653. The second-order valence-electron chi connectivity index (χ2n) is 4.78. The first-order valence-corrected chi connectivity index (χ1v) is 7.40. The summed E-state index contributed by atoms with van der Waals surface area (Å²) in [6.45, 7) is 4.24. The van der Waals surface area contributed by atoms with Crippen LogP contribution in [0.2, 0.25) is 0 Å². The molecule has 1 amide bonds. The summed E-state index contributed by atoms with van der Waals surface area (Å²) in [5.41, 5.74) is 2.10. The number of aromatic nitrogens is 1. The number of rotatable bonds is 4. The normalized spacial score (nSPS) is 11.2. The van der Waals surface area contributed by atoms with Gasteiger partial charge in [-0.05, 0) is 23.1 Å². The van der Waals surface area contributed by atoms with E-state index in [1.807, 2.05) is 30.3 Å². The van der Waals surface area contributed by atoms with E-state index in [1.165, 1.54) is 16.9 Å². The summed E-state index contributed by atoms with van der Waals surface area (Å²) in [6, 6.07) is 9.75. The highest BCUT2D eigenvalue weighted by molar-refractivity contribution is 7.13. The third-order valence-corrected chi connectivity index (χ3v) is 3.62. The van der Waals surface area contributed by atoms with Gasteiger partial charge in [0.05, 0.1) is 0 Å². The number of nitriles is 1. The molecule has 1 heterocycles. The van der Waals surface area contributed by atoms with Gasteiger partial charge in [0.1, 0.15) is 11.6 Å². The van der Waals surface area contributed by atoms with E-state index in [-0.39, 0.29) is 5.57 Å². The first kappa shape index (κ1) is 14.9. The van der Waals surface area contributed by atoms with Crippen LogP contribution in [0.15, 0.2) is 41.4 Å². The topological polar surface area (TPSA) is 65.8 Å². The number of hydrogen-bond acceptors (Lipinski definition) is 4. The zero-order valence-electron chi connectivity index (χ0n) is 11.8. The largest absolute Gasteiger partial charge is 0.297 e. The summed E-state index contributed by atoms with van der Waals surface area (Å²) in [7, 11) is 0. The van der Waals surface area contributed by atoms with Crippen molar-refractivity contribution in [2.45, 2.75) is 19.8 Å². The average Bonchev–Trinajstić information content (AvgIpc) is 2.98. The highest BCUT2D eigenvalue weighted by atomic mass is 32.1. The van der Waals surface area contributed by atoms with E-state index >= 15 is 0 Å². The monoisotopic (exact) mass is 297 g/mol. The Morgan fingerprint density at radius 1 is 1.38 bits per heavy atom. The summed E-state index contributed by atoms with van der Waals surface area (Å²) >= 11 is 1.31. The van der Waals surface area contributed by atoms with Crippen molar-refractivity contribution in [3.63, 3.8) is 0 Å². The molecule has 0 radical (unpaired) electrons. The molecule has 0 aliphatic rings. The van der Waals surface area contributed by atoms with Crippen molar-refractivity contribution >= 4 is 28.5 Å². The van der Waals surface area contributed by atoms with Crippen LogP contribution in [-0.4, -0.2) is 10.9 Å². The van der Waals surface area contributed by atoms with E-state index in [0.29, 0.717) is 11.0 Å². The van der Waals surface area contributed by atoms with Crippen LogP contribution in [0, 0.1) is 11.3 Å². The average molecular weight is 297 g/mol. The van der Waals surface area contributed by atoms with Gasteiger partial charge in [-0.3, -0.25) is 10.1 Å². The molecule has 1 N–H and O–H groups in total. The number of thiazole rings is 1. The number of carbonyl (C=O) groups excluding carboxylic acids is 1. The predicted molar refractivity (Wildman–Crippen MR) is 84.9 cm³/mol. The van der Waals surface area contributed by atoms with E-state index in [4.69, 9.17) is 5.26 Å². The number of nitrogens with zero attached hydrogens (tertiary/aromatic N) is 2. The van der Waals surface area contributed by atoms with Gasteiger partial charge in [-0.25, -0.2) is 4.98 Å². The van der Waals surface area contributed by atoms with Gasteiger partial charge >= 0.3 is 0 Å². The molecule has 0 fully saturated rings. The van der Waals surface area contributed by atoms with E-state index < -0.39 is 5.91 Å². The molecule has 0 saturated heterocycles. The Kier molecular flexibility index (Phi) is 4.85. The maximum absolute atomic E-state index is 12.0. The molecule has 106 valence electrons. The maximum atomic E-state index is 12.0. The summed E-state index contributed by atoms with van der Waals surface area (Å²) in [4.78, 5) is 15.9. The van der Waals surface area contributed by atoms with E-state index in [0.717, 1.165) is 5.56 Å². The van der Waals surface area contributed by atoms with E-state index in [1.54, 1.807) is 17.7 Å². The maximum Gasteiger partial charge on any atom is 0.268 e. The van der Waals surface area contributed by atoms with Crippen LogP contribution in [0.3, 0.4) is 0 Å². The lowest BCUT2D eigenvalue weighted by Gasteiger charge is -2.05. The van der Waals surface area contributed by atoms with Crippen molar-refractivity contribution in [2.24, 2.45) is 0 Å². The number of carbonyl (C=O) groups is 1. The van der Waals surface area contributed by atoms with Gasteiger partial charge in [-0.15, -0.1) is 11.3 Å². The van der Waals surface area contributed by atoms with Crippen LogP contribution in [0.5, 0.6) is 0 Å². The fourth-order valence-electron chi connectivity index (χ4n) is 1.74. The van der Waals surface area contributed by atoms with Gasteiger partial charge in [0.2, 0.25) is 0 Å². The molecule has 2 rings (SSSR count). The van der Waals surface area contributed by atoms with Gasteiger partial charge in [-0.1, -0.05) is 38.1 Å². The molecule has 5 heteroatoms. The zero-order valence-corrected chi connectivity index (χ0v) is 12.6. The van der Waals surface area contributed by atoms with Gasteiger partial charge < -0.3 is 0 Å². The van der Waals surface area contributed by atoms with Gasteiger partial charge in [0.15, 0.2) is 5.13 Å². The smallest absolute Gasteiger partial charge is 0.268 e. The fraction of sp³-hybridized carbons (Fsp3) is 0.188. The Morgan fingerprint density at radius 3 is 2.62 bits per heavy atom. The molecule has 2 aromatic rings. The first-order chi connectivity index (χ1) is 10.1. The third kappa shape index (κ3) is 4.01. The van der Waals surface area contributed by atoms with Crippen LogP contribution >= 0.6 is 11.3 Å². The van der Waals surface area contributed by atoms with Crippen LogP contribution in [0.4, 0.5) is 5.13 Å². The number of benzene rings is 1. The molecular formula is C16H15N3OS. The molecule has 0 aliphatic heterocycles. The van der Waals surface area contributed by atoms with Crippen LogP contribution in [0.1, 0.15) is 30.9 Å². The molecule has 0 spiro atoms. The summed E-state index contributed by atoms with van der Waals surface area (Å²) < 4.78 is 0. The SMILES string of the molecule is CC(C)c1ccc(/C=C(\C#N)C(=O)Nc2nccs2)cc1. The molecule has 1 aromatic carbocycles. The molecule has 0 aliphatic carbocycles. The minimum absolute atomic E-state index is 0.0579. The van der Waals surface area contributed by atoms with Gasteiger partial charge in [0, 0.05) is 11.6 Å². The number of anilines is 1. The molecular weight excluding hydrogens is 282 g/mol. The first-order valence-electron chi connectivity index (χ1n) is 6.52. The highest BCUT2D eigenvalue weighted by Crippen LogP contribution is 2.17. The van der Waals surface area contributed by atoms with Gasteiger partial charge in [0.25, 0.3) is 5.91 Å². The lowest BCUT2D eigenvalue weighted by molar-refractivity contribution is -0.112. The molecule has 0 bridgehead atoms. The molecule has 4 nitrogen and oxygen atoms in total. The predicted octanol–water partition coefficient (Wildman–Crippen LogP) is 3.81. The van der Waals surface area contributed by atoms with Crippen molar-refractivity contribution in [1.82, 2.24) is 4.98 Å². The van der Waals surface area contributed by atoms with Crippen LogP contribution in [0.25, 0.3) is 6.08 Å². The fourth-order valence-corrected chi connectivity index (χ4v) is 2.27. The van der Waals surface area contributed by atoms with Crippen molar-refractivity contribution in [2.75, 3.05) is 5.32 Å². The van der Waals surface area contributed by atoms with E-state index in [2.05, 4.69) is 24.1 Å². The second kappa shape index (κ2) is 6.82. The molecule has 0 unspecified atom stereocenters. The minimum Gasteiger partial charge on any atom is -0.297 e. The van der Waals surface area contributed by atoms with Crippen molar-refractivity contribution < 1.29 is 4.79 Å². The molecule has 0 saturated carbocycles. The summed E-state index contributed by atoms with van der Waals surface area (Å²) in [6.07, 6.45) is 3.17. The Labute approximate surface area is 127 Å². The minimum atomic E-state index is -0.444. The Hall–Kier alpha value is -2.45. The molecule has 1 aromatic heterocycles. The van der Waals surface area contributed by atoms with Crippen LogP contribution < -0.4 is 5.32 Å². The van der Waals surface area contributed by atoms with Crippen molar-refractivity contribution in [3.05, 3.63) is 52.5 Å². The third-order valence-electron chi connectivity index (χ3n) is 2.93. The molecule has 0 atom stereocenters.